The Morgan fingerprint density at radius 2 is 2.29 bits per heavy atom. The number of aromatic nitrogens is 4. The zero-order chi connectivity index (χ0) is 16.7. The van der Waals surface area contributed by atoms with Gasteiger partial charge in [0.2, 0.25) is 0 Å². The van der Waals surface area contributed by atoms with Crippen LogP contribution in [0, 0.1) is 0 Å². The van der Waals surface area contributed by atoms with Crippen molar-refractivity contribution in [2.75, 3.05) is 6.61 Å². The van der Waals surface area contributed by atoms with Crippen LogP contribution in [0.1, 0.15) is 47.0 Å². The highest BCUT2D eigenvalue weighted by molar-refractivity contribution is 7.12. The van der Waals surface area contributed by atoms with Gasteiger partial charge in [-0.25, -0.2) is 9.97 Å². The van der Waals surface area contributed by atoms with Crippen LogP contribution in [0.3, 0.4) is 0 Å². The van der Waals surface area contributed by atoms with Crippen LogP contribution in [-0.4, -0.2) is 26.8 Å². The molecule has 1 unspecified atom stereocenters. The van der Waals surface area contributed by atoms with Crippen LogP contribution in [0.25, 0.3) is 11.3 Å². The number of benzene rings is 1. The molecule has 3 N–H and O–H groups in total. The topological polar surface area (TPSA) is 89.7 Å². The molecule has 0 fully saturated rings. The van der Waals surface area contributed by atoms with Gasteiger partial charge in [-0.2, -0.15) is 5.10 Å². The third-order valence-corrected chi connectivity index (χ3v) is 5.66. The van der Waals surface area contributed by atoms with Crippen LogP contribution in [0.4, 0.5) is 0 Å². The highest BCUT2D eigenvalue weighted by atomic mass is 32.1. The molecule has 24 heavy (non-hydrogen) atoms. The first-order valence-corrected chi connectivity index (χ1v) is 8.81. The number of nitrogens with one attached hydrogen (secondary N) is 1. The second-order valence-electron chi connectivity index (χ2n) is 6.19. The van der Waals surface area contributed by atoms with Gasteiger partial charge in [-0.3, -0.25) is 5.10 Å². The lowest BCUT2D eigenvalue weighted by Gasteiger charge is -2.12. The molecule has 124 valence electrons. The molecule has 1 aliphatic heterocycles. The van der Waals surface area contributed by atoms with Crippen LogP contribution in [0.5, 0.6) is 5.75 Å². The van der Waals surface area contributed by atoms with E-state index in [2.05, 4.69) is 35.1 Å². The molecular weight excluding hydrogens is 322 g/mol. The smallest absolute Gasteiger partial charge is 0.137 e. The van der Waals surface area contributed by atoms with E-state index in [1.807, 2.05) is 12.1 Å². The van der Waals surface area contributed by atoms with Crippen molar-refractivity contribution in [1.82, 2.24) is 20.2 Å². The number of hydrogen-bond acceptors (Lipinski definition) is 6. The molecule has 0 spiro atoms. The van der Waals surface area contributed by atoms with Gasteiger partial charge in [0.25, 0.3) is 0 Å². The standard InChI is InChI=1S/C17H19N5OS/c1-9(2)17-21-14-11-4-3-10(6-18)5-13(11)23-7-12(15(14)24-17)16-19-8-20-22-16/h3-5,8-9,12H,6-7,18H2,1-2H3,(H,19,20,22). The van der Waals surface area contributed by atoms with Gasteiger partial charge in [-0.15, -0.1) is 11.3 Å². The number of thiazole rings is 1. The Kier molecular flexibility index (Phi) is 3.82. The first-order valence-electron chi connectivity index (χ1n) is 7.99. The Bertz CT molecular complexity index is 856. The third kappa shape index (κ3) is 2.50. The maximum absolute atomic E-state index is 6.09. The number of ether oxygens (including phenoxy) is 1. The second-order valence-corrected chi connectivity index (χ2v) is 7.25. The van der Waals surface area contributed by atoms with E-state index in [0.29, 0.717) is 19.1 Å². The molecular formula is C17H19N5OS. The third-order valence-electron chi connectivity index (χ3n) is 4.19. The average molecular weight is 341 g/mol. The summed E-state index contributed by atoms with van der Waals surface area (Å²) in [5.74, 6) is 2.02. The van der Waals surface area contributed by atoms with E-state index < -0.39 is 0 Å². The van der Waals surface area contributed by atoms with Crippen LogP contribution < -0.4 is 10.5 Å². The van der Waals surface area contributed by atoms with Gasteiger partial charge in [0, 0.05) is 22.9 Å². The van der Waals surface area contributed by atoms with Gasteiger partial charge in [-0.1, -0.05) is 19.9 Å². The molecule has 3 aromatic rings. The first kappa shape index (κ1) is 15.3. The van der Waals surface area contributed by atoms with Gasteiger partial charge in [0.1, 0.15) is 24.5 Å². The Balaban J connectivity index is 1.90. The van der Waals surface area contributed by atoms with Crippen molar-refractivity contribution in [3.8, 4) is 17.0 Å². The SMILES string of the molecule is CC(C)c1nc2c(s1)C(c1ncn[nH]1)COc1cc(CN)ccc1-2. The van der Waals surface area contributed by atoms with E-state index in [9.17, 15) is 0 Å². The molecule has 6 nitrogen and oxygen atoms in total. The molecule has 1 aromatic carbocycles. The Morgan fingerprint density at radius 3 is 3.00 bits per heavy atom. The van der Waals surface area contributed by atoms with Crippen LogP contribution in [0.2, 0.25) is 0 Å². The molecule has 2 aromatic heterocycles. The molecule has 0 saturated heterocycles. The van der Waals surface area contributed by atoms with Gasteiger partial charge < -0.3 is 10.5 Å². The predicted molar refractivity (Wildman–Crippen MR) is 93.3 cm³/mol. The Morgan fingerprint density at radius 1 is 1.42 bits per heavy atom. The summed E-state index contributed by atoms with van der Waals surface area (Å²) in [6, 6.07) is 6.11. The molecule has 0 aliphatic carbocycles. The molecule has 4 rings (SSSR count). The number of nitrogens with zero attached hydrogens (tertiary/aromatic N) is 3. The van der Waals surface area contributed by atoms with E-state index in [0.717, 1.165) is 33.4 Å². The normalized spacial score (nSPS) is 16.4. The minimum absolute atomic E-state index is 0.00114. The van der Waals surface area contributed by atoms with Gasteiger partial charge in [0.05, 0.1) is 16.6 Å². The molecule has 1 aliphatic rings. The fraction of sp³-hybridized carbons (Fsp3) is 0.353. The highest BCUT2D eigenvalue weighted by Gasteiger charge is 2.31. The largest absolute Gasteiger partial charge is 0.492 e. The highest BCUT2D eigenvalue weighted by Crippen LogP contribution is 2.44. The van der Waals surface area contributed by atoms with Crippen molar-refractivity contribution in [2.24, 2.45) is 5.73 Å². The van der Waals surface area contributed by atoms with E-state index >= 15 is 0 Å². The van der Waals surface area contributed by atoms with Crippen LogP contribution in [-0.2, 0) is 6.54 Å². The number of nitrogens with two attached hydrogens (primary N) is 1. The fourth-order valence-electron chi connectivity index (χ4n) is 2.87. The summed E-state index contributed by atoms with van der Waals surface area (Å²) >= 11 is 1.73. The first-order chi connectivity index (χ1) is 11.7. The zero-order valence-electron chi connectivity index (χ0n) is 13.6. The lowest BCUT2D eigenvalue weighted by Crippen LogP contribution is -2.11. The Labute approximate surface area is 144 Å². The van der Waals surface area contributed by atoms with Crippen molar-refractivity contribution in [2.45, 2.75) is 32.2 Å². The van der Waals surface area contributed by atoms with E-state index in [1.165, 1.54) is 11.2 Å². The van der Waals surface area contributed by atoms with Gasteiger partial charge in [0.15, 0.2) is 0 Å². The summed E-state index contributed by atoms with van der Waals surface area (Å²) in [5.41, 5.74) is 8.83. The van der Waals surface area contributed by atoms with E-state index in [1.54, 1.807) is 11.3 Å². The Hall–Kier alpha value is -2.25. The van der Waals surface area contributed by atoms with Crippen molar-refractivity contribution >= 4 is 11.3 Å². The molecule has 0 radical (unpaired) electrons. The van der Waals surface area contributed by atoms with Crippen LogP contribution in [0.15, 0.2) is 24.5 Å². The summed E-state index contributed by atoms with van der Waals surface area (Å²) in [5, 5.41) is 8.10. The lowest BCUT2D eigenvalue weighted by molar-refractivity contribution is 0.305. The van der Waals surface area contributed by atoms with Gasteiger partial charge >= 0.3 is 0 Å². The molecule has 1 atom stereocenters. The summed E-state index contributed by atoms with van der Waals surface area (Å²) < 4.78 is 6.09. The van der Waals surface area contributed by atoms with Crippen molar-refractivity contribution in [3.05, 3.63) is 45.8 Å². The van der Waals surface area contributed by atoms with Crippen molar-refractivity contribution in [1.29, 1.82) is 0 Å². The van der Waals surface area contributed by atoms with Crippen LogP contribution >= 0.6 is 11.3 Å². The second kappa shape index (κ2) is 5.99. The minimum Gasteiger partial charge on any atom is -0.492 e. The number of aromatic amines is 1. The number of hydrogen-bond donors (Lipinski definition) is 2. The summed E-state index contributed by atoms with van der Waals surface area (Å²) in [6.07, 6.45) is 1.53. The fourth-order valence-corrected chi connectivity index (χ4v) is 4.04. The van der Waals surface area contributed by atoms with Crippen molar-refractivity contribution < 1.29 is 4.74 Å². The molecule has 0 bridgehead atoms. The predicted octanol–water partition coefficient (Wildman–Crippen LogP) is 3.03. The molecule has 3 heterocycles. The summed E-state index contributed by atoms with van der Waals surface area (Å²) in [6.45, 7) is 5.32. The van der Waals surface area contributed by atoms with E-state index in [4.69, 9.17) is 15.5 Å². The monoisotopic (exact) mass is 341 g/mol. The van der Waals surface area contributed by atoms with Gasteiger partial charge in [-0.05, 0) is 17.7 Å². The average Bonchev–Trinajstić information content (AvgIpc) is 3.23. The number of fused-ring (bicyclic) bond motifs is 3. The minimum atomic E-state index is 0.00114. The van der Waals surface area contributed by atoms with E-state index in [-0.39, 0.29) is 5.92 Å². The molecule has 7 heteroatoms. The maximum Gasteiger partial charge on any atom is 0.137 e. The van der Waals surface area contributed by atoms with Crippen molar-refractivity contribution in [3.63, 3.8) is 0 Å². The number of rotatable bonds is 3. The summed E-state index contributed by atoms with van der Waals surface area (Å²) in [7, 11) is 0. The maximum atomic E-state index is 6.09. The lowest BCUT2D eigenvalue weighted by atomic mass is 10.0. The molecule has 0 saturated carbocycles. The summed E-state index contributed by atoms with van der Waals surface area (Å²) in [4.78, 5) is 10.4. The zero-order valence-corrected chi connectivity index (χ0v) is 14.4. The molecule has 0 amide bonds. The number of H-pyrrole nitrogens is 1. The quantitative estimate of drug-likeness (QED) is 0.764.